The number of likely N-dealkylation sites (tertiary alicyclic amines) is 1. The van der Waals surface area contributed by atoms with E-state index >= 15 is 0 Å². The van der Waals surface area contributed by atoms with E-state index < -0.39 is 34.1 Å². The Bertz CT molecular complexity index is 431. The lowest BCUT2D eigenvalue weighted by atomic mass is 10.1. The molecule has 0 aromatic rings. The molecule has 1 aliphatic heterocycles. The van der Waals surface area contributed by atoms with Crippen LogP contribution in [0.4, 0.5) is 9.18 Å². The summed E-state index contributed by atoms with van der Waals surface area (Å²) in [6.07, 6.45) is -2.19. The van der Waals surface area contributed by atoms with Crippen molar-refractivity contribution in [3.05, 3.63) is 0 Å². The van der Waals surface area contributed by atoms with Crippen LogP contribution in [-0.4, -0.2) is 56.6 Å². The molecule has 1 saturated heterocycles. The highest BCUT2D eigenvalue weighted by Crippen LogP contribution is 2.21. The van der Waals surface area contributed by atoms with E-state index in [9.17, 15) is 17.6 Å². The van der Waals surface area contributed by atoms with Crippen LogP contribution in [0.15, 0.2) is 0 Å². The molecule has 0 spiro atoms. The Morgan fingerprint density at radius 1 is 1.37 bits per heavy atom. The van der Waals surface area contributed by atoms with Gasteiger partial charge in [-0.3, -0.25) is 4.18 Å². The Morgan fingerprint density at radius 3 is 2.37 bits per heavy atom. The first-order chi connectivity index (χ1) is 8.48. The molecule has 2 atom stereocenters. The van der Waals surface area contributed by atoms with Crippen LogP contribution in [0, 0.1) is 0 Å². The Hall–Kier alpha value is -0.890. The Labute approximate surface area is 113 Å². The minimum Gasteiger partial charge on any atom is -0.444 e. The molecule has 8 heteroatoms. The SMILES string of the molecule is CC(C)(C)OC(=O)N1CC[C@@H](OS(C)(=O)=O)[C@H](F)C1. The molecular weight excluding hydrogens is 277 g/mol. The Kier molecular flexibility index (Phi) is 4.78. The van der Waals surface area contributed by atoms with E-state index in [2.05, 4.69) is 4.18 Å². The predicted molar refractivity (Wildman–Crippen MR) is 67.0 cm³/mol. The van der Waals surface area contributed by atoms with Crippen LogP contribution in [0.25, 0.3) is 0 Å². The molecule has 1 rings (SSSR count). The van der Waals surface area contributed by atoms with E-state index in [1.165, 1.54) is 4.90 Å². The highest BCUT2D eigenvalue weighted by atomic mass is 32.2. The molecule has 1 aliphatic rings. The lowest BCUT2D eigenvalue weighted by Gasteiger charge is -2.34. The summed E-state index contributed by atoms with van der Waals surface area (Å²) in [6.45, 7) is 5.14. The first-order valence-corrected chi connectivity index (χ1v) is 7.80. The van der Waals surface area contributed by atoms with Gasteiger partial charge in [-0.25, -0.2) is 9.18 Å². The second-order valence-corrected chi connectivity index (χ2v) is 7.17. The fraction of sp³-hybridized carbons (Fsp3) is 0.909. The van der Waals surface area contributed by atoms with Crippen molar-refractivity contribution >= 4 is 16.2 Å². The van der Waals surface area contributed by atoms with Crippen molar-refractivity contribution in [1.29, 1.82) is 0 Å². The molecule has 0 aliphatic carbocycles. The Balaban J connectivity index is 2.56. The van der Waals surface area contributed by atoms with Gasteiger partial charge in [0.15, 0.2) is 0 Å². The minimum absolute atomic E-state index is 0.119. The third kappa shape index (κ3) is 5.73. The summed E-state index contributed by atoms with van der Waals surface area (Å²) in [4.78, 5) is 12.9. The molecular formula is C11H20FNO5S. The summed E-state index contributed by atoms with van der Waals surface area (Å²) in [5.74, 6) is 0. The maximum absolute atomic E-state index is 13.8. The smallest absolute Gasteiger partial charge is 0.410 e. The normalized spacial score (nSPS) is 25.2. The van der Waals surface area contributed by atoms with Gasteiger partial charge in [0.25, 0.3) is 10.1 Å². The van der Waals surface area contributed by atoms with E-state index in [1.807, 2.05) is 0 Å². The fourth-order valence-corrected chi connectivity index (χ4v) is 2.37. The standard InChI is InChI=1S/C11H20FNO5S/c1-11(2,3)17-10(14)13-6-5-9(8(12)7-13)18-19(4,15)16/h8-9H,5-7H2,1-4H3/t8-,9-/m1/s1. The van der Waals surface area contributed by atoms with Crippen molar-refractivity contribution in [3.63, 3.8) is 0 Å². The number of nitrogens with zero attached hydrogens (tertiary/aromatic N) is 1. The quantitative estimate of drug-likeness (QED) is 0.719. The lowest BCUT2D eigenvalue weighted by Crippen LogP contribution is -2.49. The third-order valence-electron chi connectivity index (χ3n) is 2.43. The number of rotatable bonds is 2. The van der Waals surface area contributed by atoms with Crippen LogP contribution < -0.4 is 0 Å². The second-order valence-electron chi connectivity index (χ2n) is 5.57. The third-order valence-corrected chi connectivity index (χ3v) is 3.03. The first kappa shape index (κ1) is 16.2. The zero-order valence-electron chi connectivity index (χ0n) is 11.6. The zero-order valence-corrected chi connectivity index (χ0v) is 12.4. The molecule has 0 aromatic heterocycles. The average molecular weight is 297 g/mol. The largest absolute Gasteiger partial charge is 0.444 e. The molecule has 0 aromatic carbocycles. The number of amides is 1. The van der Waals surface area contributed by atoms with Crippen LogP contribution in [0.2, 0.25) is 0 Å². The van der Waals surface area contributed by atoms with E-state index in [1.54, 1.807) is 20.8 Å². The molecule has 0 radical (unpaired) electrons. The number of piperidine rings is 1. The van der Waals surface area contributed by atoms with Gasteiger partial charge in [0.2, 0.25) is 0 Å². The van der Waals surface area contributed by atoms with Crippen molar-refractivity contribution in [2.75, 3.05) is 19.3 Å². The zero-order chi connectivity index (χ0) is 14.8. The van der Waals surface area contributed by atoms with Crippen molar-refractivity contribution < 1.29 is 26.5 Å². The van der Waals surface area contributed by atoms with Gasteiger partial charge < -0.3 is 9.64 Å². The van der Waals surface area contributed by atoms with Gasteiger partial charge in [-0.05, 0) is 27.2 Å². The number of halogens is 1. The van der Waals surface area contributed by atoms with E-state index in [4.69, 9.17) is 4.74 Å². The minimum atomic E-state index is -3.70. The van der Waals surface area contributed by atoms with E-state index in [0.29, 0.717) is 0 Å². The van der Waals surface area contributed by atoms with Crippen molar-refractivity contribution in [1.82, 2.24) is 4.90 Å². The topological polar surface area (TPSA) is 72.9 Å². The first-order valence-electron chi connectivity index (χ1n) is 5.98. The summed E-state index contributed by atoms with van der Waals surface area (Å²) in [6, 6.07) is 0. The molecule has 112 valence electrons. The van der Waals surface area contributed by atoms with Crippen LogP contribution in [-0.2, 0) is 19.0 Å². The second kappa shape index (κ2) is 5.62. The molecule has 0 bridgehead atoms. The van der Waals surface area contributed by atoms with Crippen molar-refractivity contribution in [3.8, 4) is 0 Å². The van der Waals surface area contributed by atoms with Gasteiger partial charge in [0, 0.05) is 6.54 Å². The van der Waals surface area contributed by atoms with Crippen LogP contribution in [0.5, 0.6) is 0 Å². The molecule has 1 fully saturated rings. The molecule has 0 N–H and O–H groups in total. The molecule has 1 heterocycles. The molecule has 0 unspecified atom stereocenters. The maximum Gasteiger partial charge on any atom is 0.410 e. The summed E-state index contributed by atoms with van der Waals surface area (Å²) in [7, 11) is -3.70. The number of hydrogen-bond acceptors (Lipinski definition) is 5. The van der Waals surface area contributed by atoms with Crippen LogP contribution in [0.1, 0.15) is 27.2 Å². The molecule has 6 nitrogen and oxygen atoms in total. The fourth-order valence-electron chi connectivity index (χ4n) is 1.71. The number of ether oxygens (including phenoxy) is 1. The lowest BCUT2D eigenvalue weighted by molar-refractivity contribution is -0.00872. The highest BCUT2D eigenvalue weighted by Gasteiger charge is 2.35. The number of carbonyl (C=O) groups is 1. The maximum atomic E-state index is 13.8. The average Bonchev–Trinajstić information content (AvgIpc) is 2.16. The molecule has 1 amide bonds. The number of hydrogen-bond donors (Lipinski definition) is 0. The van der Waals surface area contributed by atoms with Gasteiger partial charge in [0.05, 0.1) is 12.8 Å². The highest BCUT2D eigenvalue weighted by molar-refractivity contribution is 7.86. The van der Waals surface area contributed by atoms with Gasteiger partial charge in [-0.1, -0.05) is 0 Å². The van der Waals surface area contributed by atoms with Crippen LogP contribution >= 0.6 is 0 Å². The van der Waals surface area contributed by atoms with Crippen LogP contribution in [0.3, 0.4) is 0 Å². The predicted octanol–water partition coefficient (Wildman–Crippen LogP) is 1.31. The molecule has 0 saturated carbocycles. The Morgan fingerprint density at radius 2 is 1.95 bits per heavy atom. The van der Waals surface area contributed by atoms with E-state index in [0.717, 1.165) is 6.26 Å². The number of alkyl halides is 1. The van der Waals surface area contributed by atoms with Gasteiger partial charge in [-0.2, -0.15) is 8.42 Å². The van der Waals surface area contributed by atoms with Crippen molar-refractivity contribution in [2.45, 2.75) is 45.1 Å². The van der Waals surface area contributed by atoms with Crippen molar-refractivity contribution in [2.24, 2.45) is 0 Å². The number of carbonyl (C=O) groups excluding carboxylic acids is 1. The van der Waals surface area contributed by atoms with Gasteiger partial charge >= 0.3 is 6.09 Å². The monoisotopic (exact) mass is 297 g/mol. The van der Waals surface area contributed by atoms with Gasteiger partial charge in [0.1, 0.15) is 17.9 Å². The summed E-state index contributed by atoms with van der Waals surface area (Å²) < 4.78 is 45.5. The summed E-state index contributed by atoms with van der Waals surface area (Å²) >= 11 is 0. The van der Waals surface area contributed by atoms with E-state index in [-0.39, 0.29) is 19.5 Å². The van der Waals surface area contributed by atoms with Gasteiger partial charge in [-0.15, -0.1) is 0 Å². The summed E-state index contributed by atoms with van der Waals surface area (Å²) in [5.41, 5.74) is -0.650. The summed E-state index contributed by atoms with van der Waals surface area (Å²) in [5, 5.41) is 0. The molecule has 19 heavy (non-hydrogen) atoms.